The molecule has 0 radical (unpaired) electrons. The highest BCUT2D eigenvalue weighted by molar-refractivity contribution is 7.89. The van der Waals surface area contributed by atoms with Crippen molar-refractivity contribution in [2.75, 3.05) is 13.1 Å². The third kappa shape index (κ3) is 3.82. The fraction of sp³-hybridized carbons (Fsp3) is 0.500. The van der Waals surface area contributed by atoms with Crippen molar-refractivity contribution >= 4 is 26.8 Å². The van der Waals surface area contributed by atoms with Crippen LogP contribution in [-0.4, -0.2) is 47.0 Å². The van der Waals surface area contributed by atoms with Gasteiger partial charge in [-0.2, -0.15) is 0 Å². The topological polar surface area (TPSA) is 110 Å². The summed E-state index contributed by atoms with van der Waals surface area (Å²) in [5.41, 5.74) is -1.79. The van der Waals surface area contributed by atoms with E-state index in [9.17, 15) is 22.8 Å². The summed E-state index contributed by atoms with van der Waals surface area (Å²) in [6.07, 6.45) is 4.32. The standard InChI is InChI=1S/C22H25FN4O5S/c1-3-19(28)25-11-14(12-25)27-20(29)15-8-18(33(31,32)24-22(2)6-7-22)16(23)9-17(15)26(21(27)30)10-13-4-5-13/h3,8-9,13-14,24H,1,4-7,10-12H2,2H3. The Morgan fingerprint density at radius 3 is 2.52 bits per heavy atom. The molecule has 9 nitrogen and oxygen atoms in total. The van der Waals surface area contributed by atoms with Crippen molar-refractivity contribution < 1.29 is 17.6 Å². The second-order valence-corrected chi connectivity index (χ2v) is 11.2. The van der Waals surface area contributed by atoms with Gasteiger partial charge in [0.15, 0.2) is 0 Å². The Hall–Kier alpha value is -2.79. The number of halogens is 1. The first kappa shape index (κ1) is 22.0. The number of nitrogens with one attached hydrogen (secondary N) is 1. The van der Waals surface area contributed by atoms with Crippen LogP contribution in [0.1, 0.15) is 38.6 Å². The molecule has 0 unspecified atom stereocenters. The summed E-state index contributed by atoms with van der Waals surface area (Å²) in [6, 6.07) is 1.46. The van der Waals surface area contributed by atoms with E-state index in [1.807, 2.05) is 0 Å². The van der Waals surface area contributed by atoms with Crippen LogP contribution >= 0.6 is 0 Å². The molecule has 0 bridgehead atoms. The number of nitrogens with zero attached hydrogens (tertiary/aromatic N) is 3. The maximum absolute atomic E-state index is 15.0. The Bertz CT molecular complexity index is 1410. The summed E-state index contributed by atoms with van der Waals surface area (Å²) >= 11 is 0. The van der Waals surface area contributed by atoms with Gasteiger partial charge >= 0.3 is 5.69 Å². The minimum absolute atomic E-state index is 0.0357. The minimum atomic E-state index is -4.20. The largest absolute Gasteiger partial charge is 0.335 e. The molecule has 2 saturated carbocycles. The normalized spacial score (nSPS) is 20.0. The third-order valence-electron chi connectivity index (χ3n) is 6.75. The van der Waals surface area contributed by atoms with E-state index in [0.717, 1.165) is 35.6 Å². The predicted octanol–water partition coefficient (Wildman–Crippen LogP) is 1.11. The minimum Gasteiger partial charge on any atom is -0.335 e. The van der Waals surface area contributed by atoms with Crippen molar-refractivity contribution in [3.8, 4) is 0 Å². The van der Waals surface area contributed by atoms with Gasteiger partial charge in [0, 0.05) is 25.2 Å². The molecule has 1 aliphatic heterocycles. The van der Waals surface area contributed by atoms with Gasteiger partial charge in [0.05, 0.1) is 16.9 Å². The number of hydrogen-bond acceptors (Lipinski definition) is 5. The van der Waals surface area contributed by atoms with Gasteiger partial charge in [0.2, 0.25) is 15.9 Å². The molecule has 3 aliphatic rings. The average molecular weight is 477 g/mol. The van der Waals surface area contributed by atoms with Gasteiger partial charge in [0.25, 0.3) is 5.56 Å². The van der Waals surface area contributed by atoms with E-state index in [1.165, 1.54) is 9.47 Å². The van der Waals surface area contributed by atoms with Crippen molar-refractivity contribution in [2.24, 2.45) is 5.92 Å². The summed E-state index contributed by atoms with van der Waals surface area (Å²) in [5.74, 6) is -1.06. The molecule has 5 rings (SSSR count). The van der Waals surface area contributed by atoms with Crippen LogP contribution < -0.4 is 16.0 Å². The first-order valence-electron chi connectivity index (χ1n) is 11.0. The highest BCUT2D eigenvalue weighted by atomic mass is 32.2. The van der Waals surface area contributed by atoms with Crippen molar-refractivity contribution in [1.29, 1.82) is 0 Å². The fourth-order valence-electron chi connectivity index (χ4n) is 4.25. The molecular formula is C22H25FN4O5S. The number of sulfonamides is 1. The zero-order valence-electron chi connectivity index (χ0n) is 18.2. The van der Waals surface area contributed by atoms with E-state index >= 15 is 4.39 Å². The summed E-state index contributed by atoms with van der Waals surface area (Å²) in [7, 11) is -4.20. The molecule has 2 aliphatic carbocycles. The monoisotopic (exact) mass is 476 g/mol. The van der Waals surface area contributed by atoms with Gasteiger partial charge in [-0.15, -0.1) is 0 Å². The van der Waals surface area contributed by atoms with Gasteiger partial charge in [-0.05, 0) is 56.7 Å². The van der Waals surface area contributed by atoms with Gasteiger partial charge < -0.3 is 4.90 Å². The van der Waals surface area contributed by atoms with Crippen molar-refractivity contribution in [2.45, 2.75) is 55.6 Å². The SMILES string of the molecule is C=CC(=O)N1CC(n2c(=O)c3cc(S(=O)(=O)NC4(C)CC4)c(F)cc3n(CC3CC3)c2=O)C1. The third-order valence-corrected chi connectivity index (χ3v) is 8.40. The van der Waals surface area contributed by atoms with E-state index in [4.69, 9.17) is 0 Å². The van der Waals surface area contributed by atoms with Crippen LogP contribution in [0.25, 0.3) is 10.9 Å². The molecule has 11 heteroatoms. The zero-order valence-corrected chi connectivity index (χ0v) is 19.0. The molecule has 3 fully saturated rings. The maximum atomic E-state index is 15.0. The Balaban J connectivity index is 1.66. The number of benzene rings is 1. The lowest BCUT2D eigenvalue weighted by Gasteiger charge is -2.39. The van der Waals surface area contributed by atoms with Gasteiger partial charge in [-0.3, -0.25) is 18.7 Å². The molecule has 1 aromatic heterocycles. The molecule has 33 heavy (non-hydrogen) atoms. The maximum Gasteiger partial charge on any atom is 0.331 e. The molecule has 1 N–H and O–H groups in total. The Kier molecular flexibility index (Phi) is 4.91. The van der Waals surface area contributed by atoms with Crippen LogP contribution in [0.3, 0.4) is 0 Å². The summed E-state index contributed by atoms with van der Waals surface area (Å²) in [4.78, 5) is 39.3. The molecule has 1 aromatic carbocycles. The van der Waals surface area contributed by atoms with Crippen molar-refractivity contribution in [3.63, 3.8) is 0 Å². The molecule has 176 valence electrons. The molecular weight excluding hydrogens is 451 g/mol. The first-order chi connectivity index (χ1) is 15.5. The number of hydrogen-bond donors (Lipinski definition) is 1. The molecule has 1 saturated heterocycles. The quantitative estimate of drug-likeness (QED) is 0.602. The fourth-order valence-corrected chi connectivity index (χ4v) is 5.80. The molecule has 0 spiro atoms. The molecule has 2 heterocycles. The second kappa shape index (κ2) is 7.36. The average Bonchev–Trinajstić information content (AvgIpc) is 3.64. The van der Waals surface area contributed by atoms with Crippen molar-refractivity contribution in [1.82, 2.24) is 18.8 Å². The Morgan fingerprint density at radius 1 is 1.27 bits per heavy atom. The van der Waals surface area contributed by atoms with Crippen LogP contribution in [0.15, 0.2) is 39.3 Å². The smallest absolute Gasteiger partial charge is 0.331 e. The van der Waals surface area contributed by atoms with Crippen LogP contribution in [0.4, 0.5) is 4.39 Å². The highest BCUT2D eigenvalue weighted by Crippen LogP contribution is 2.36. The van der Waals surface area contributed by atoms with E-state index < -0.39 is 43.6 Å². The lowest BCUT2D eigenvalue weighted by Crippen LogP contribution is -2.56. The van der Waals surface area contributed by atoms with E-state index in [1.54, 1.807) is 6.92 Å². The van der Waals surface area contributed by atoms with Gasteiger partial charge in [-0.1, -0.05) is 6.58 Å². The number of fused-ring (bicyclic) bond motifs is 1. The Labute approximate surface area is 189 Å². The van der Waals surface area contributed by atoms with Gasteiger partial charge in [0.1, 0.15) is 10.7 Å². The second-order valence-electron chi connectivity index (χ2n) is 9.58. The predicted molar refractivity (Wildman–Crippen MR) is 119 cm³/mol. The molecule has 2 aromatic rings. The van der Waals surface area contributed by atoms with Crippen molar-refractivity contribution in [3.05, 3.63) is 51.4 Å². The first-order valence-corrected chi connectivity index (χ1v) is 12.5. The van der Waals surface area contributed by atoms with E-state index in [2.05, 4.69) is 11.3 Å². The molecule has 0 atom stereocenters. The van der Waals surface area contributed by atoms with Crippen LogP contribution in [0.5, 0.6) is 0 Å². The van der Waals surface area contributed by atoms with Gasteiger partial charge in [-0.25, -0.2) is 22.3 Å². The Morgan fingerprint density at radius 2 is 1.94 bits per heavy atom. The van der Waals surface area contributed by atoms with Crippen LogP contribution in [0, 0.1) is 11.7 Å². The molecule has 1 amide bonds. The summed E-state index contributed by atoms with van der Waals surface area (Å²) in [5, 5.41) is -0.0357. The van der Waals surface area contributed by atoms with Crippen LogP contribution in [0.2, 0.25) is 0 Å². The van der Waals surface area contributed by atoms with Crippen LogP contribution in [-0.2, 0) is 21.4 Å². The number of aromatic nitrogens is 2. The highest BCUT2D eigenvalue weighted by Gasteiger charge is 2.42. The lowest BCUT2D eigenvalue weighted by atomic mass is 10.1. The van der Waals surface area contributed by atoms with E-state index in [0.29, 0.717) is 19.4 Å². The van der Waals surface area contributed by atoms with E-state index in [-0.39, 0.29) is 35.8 Å². The zero-order chi connectivity index (χ0) is 23.7. The summed E-state index contributed by atoms with van der Waals surface area (Å²) < 4.78 is 45.7. The number of amides is 1. The number of likely N-dealkylation sites (tertiary alicyclic amines) is 1. The lowest BCUT2D eigenvalue weighted by molar-refractivity contribution is -0.131. The summed E-state index contributed by atoms with van der Waals surface area (Å²) in [6.45, 7) is 5.83. The number of carbonyl (C=O) groups excluding carboxylic acids is 1. The number of carbonyl (C=O) groups is 1. The number of rotatable bonds is 7.